The second-order valence-electron chi connectivity index (χ2n) is 3.29. The van der Waals surface area contributed by atoms with Gasteiger partial charge in [0.05, 0.1) is 7.11 Å². The Bertz CT molecular complexity index is 485. The second-order valence-corrected chi connectivity index (χ2v) is 3.29. The second kappa shape index (κ2) is 5.13. The molecule has 2 rings (SSSR count). The largest absolute Gasteiger partial charge is 0.497 e. The van der Waals surface area contributed by atoms with Gasteiger partial charge >= 0.3 is 0 Å². The molecule has 0 saturated carbocycles. The number of hydrogen-bond acceptors (Lipinski definition) is 6. The van der Waals surface area contributed by atoms with Gasteiger partial charge in [-0.15, -0.1) is 0 Å². The van der Waals surface area contributed by atoms with Gasteiger partial charge in [-0.2, -0.15) is 0 Å². The van der Waals surface area contributed by atoms with Gasteiger partial charge in [-0.25, -0.2) is 15.8 Å². The van der Waals surface area contributed by atoms with E-state index >= 15 is 0 Å². The number of hydrogen-bond donors (Lipinski definition) is 3. The maximum absolute atomic E-state index is 5.27. The third kappa shape index (κ3) is 2.82. The van der Waals surface area contributed by atoms with Crippen LogP contribution in [0.3, 0.4) is 0 Å². The highest BCUT2D eigenvalue weighted by atomic mass is 16.5. The summed E-state index contributed by atoms with van der Waals surface area (Å²) < 4.78 is 5.08. The van der Waals surface area contributed by atoms with Crippen molar-refractivity contribution in [1.29, 1.82) is 0 Å². The topological polar surface area (TPSA) is 85.1 Å². The van der Waals surface area contributed by atoms with E-state index in [1.54, 1.807) is 13.2 Å². The van der Waals surface area contributed by atoms with Crippen LogP contribution in [0.4, 0.5) is 17.3 Å². The monoisotopic (exact) mass is 231 g/mol. The summed E-state index contributed by atoms with van der Waals surface area (Å²) in [5, 5.41) is 3.13. The van der Waals surface area contributed by atoms with Crippen LogP contribution in [0.2, 0.25) is 0 Å². The van der Waals surface area contributed by atoms with Crippen LogP contribution in [0.15, 0.2) is 36.7 Å². The number of hydrazine groups is 1. The molecule has 88 valence electrons. The van der Waals surface area contributed by atoms with E-state index in [0.717, 1.165) is 11.4 Å². The number of anilines is 3. The third-order valence-corrected chi connectivity index (χ3v) is 2.18. The van der Waals surface area contributed by atoms with Gasteiger partial charge in [0, 0.05) is 11.8 Å². The molecule has 17 heavy (non-hydrogen) atoms. The zero-order chi connectivity index (χ0) is 12.1. The fourth-order valence-corrected chi connectivity index (χ4v) is 1.33. The predicted octanol–water partition coefficient (Wildman–Crippen LogP) is 1.51. The number of nitrogens with zero attached hydrogens (tertiary/aromatic N) is 2. The van der Waals surface area contributed by atoms with Crippen molar-refractivity contribution in [2.45, 2.75) is 0 Å². The standard InChI is InChI=1S/C11H13N5O/c1-17-9-4-2-8(3-5-9)15-10-6-11(16-12)14-7-13-10/h2-7H,12H2,1H3,(H2,13,14,15,16). The summed E-state index contributed by atoms with van der Waals surface area (Å²) in [5.74, 6) is 7.29. The summed E-state index contributed by atoms with van der Waals surface area (Å²) in [4.78, 5) is 8.00. The molecule has 0 fully saturated rings. The lowest BCUT2D eigenvalue weighted by Crippen LogP contribution is -2.09. The summed E-state index contributed by atoms with van der Waals surface area (Å²) in [6.45, 7) is 0. The Morgan fingerprint density at radius 2 is 1.82 bits per heavy atom. The van der Waals surface area contributed by atoms with E-state index in [1.807, 2.05) is 24.3 Å². The first-order valence-corrected chi connectivity index (χ1v) is 5.01. The van der Waals surface area contributed by atoms with Gasteiger partial charge in [0.25, 0.3) is 0 Å². The van der Waals surface area contributed by atoms with Gasteiger partial charge in [0.1, 0.15) is 23.7 Å². The molecule has 0 radical (unpaired) electrons. The van der Waals surface area contributed by atoms with Crippen molar-refractivity contribution in [3.8, 4) is 5.75 Å². The van der Waals surface area contributed by atoms with Gasteiger partial charge in [0.15, 0.2) is 0 Å². The molecule has 0 spiro atoms. The van der Waals surface area contributed by atoms with Crippen LogP contribution in [0.5, 0.6) is 5.75 Å². The number of ether oxygens (including phenoxy) is 1. The molecule has 1 aromatic heterocycles. The number of methoxy groups -OCH3 is 1. The van der Waals surface area contributed by atoms with Crippen molar-refractivity contribution in [2.24, 2.45) is 5.84 Å². The summed E-state index contributed by atoms with van der Waals surface area (Å²) in [6, 6.07) is 9.24. The molecule has 4 N–H and O–H groups in total. The first-order chi connectivity index (χ1) is 8.31. The maximum Gasteiger partial charge on any atom is 0.145 e. The molecule has 0 aliphatic carbocycles. The van der Waals surface area contributed by atoms with E-state index in [4.69, 9.17) is 10.6 Å². The summed E-state index contributed by atoms with van der Waals surface area (Å²) in [6.07, 6.45) is 1.43. The first kappa shape index (κ1) is 11.2. The quantitative estimate of drug-likeness (QED) is 0.546. The fraction of sp³-hybridized carbons (Fsp3) is 0.0909. The molecule has 0 saturated heterocycles. The van der Waals surface area contributed by atoms with Gasteiger partial charge in [0.2, 0.25) is 0 Å². The summed E-state index contributed by atoms with van der Waals surface area (Å²) >= 11 is 0. The fourth-order valence-electron chi connectivity index (χ4n) is 1.33. The zero-order valence-electron chi connectivity index (χ0n) is 9.34. The highest BCUT2D eigenvalue weighted by Gasteiger charge is 1.98. The third-order valence-electron chi connectivity index (χ3n) is 2.18. The van der Waals surface area contributed by atoms with Crippen molar-refractivity contribution in [3.63, 3.8) is 0 Å². The molecule has 6 nitrogen and oxygen atoms in total. The van der Waals surface area contributed by atoms with Crippen molar-refractivity contribution < 1.29 is 4.74 Å². The molecular weight excluding hydrogens is 218 g/mol. The zero-order valence-corrected chi connectivity index (χ0v) is 9.34. The van der Waals surface area contributed by atoms with Crippen molar-refractivity contribution in [2.75, 3.05) is 17.9 Å². The molecule has 1 aromatic carbocycles. The van der Waals surface area contributed by atoms with E-state index in [-0.39, 0.29) is 0 Å². The highest BCUT2D eigenvalue weighted by molar-refractivity contribution is 5.59. The molecule has 1 heterocycles. The number of aromatic nitrogens is 2. The lowest BCUT2D eigenvalue weighted by atomic mass is 10.3. The molecule has 2 aromatic rings. The molecule has 0 unspecified atom stereocenters. The molecule has 0 atom stereocenters. The van der Waals surface area contributed by atoms with E-state index < -0.39 is 0 Å². The van der Waals surface area contributed by atoms with Crippen molar-refractivity contribution in [3.05, 3.63) is 36.7 Å². The van der Waals surface area contributed by atoms with Crippen LogP contribution in [0.1, 0.15) is 0 Å². The van der Waals surface area contributed by atoms with E-state index in [9.17, 15) is 0 Å². The number of benzene rings is 1. The minimum Gasteiger partial charge on any atom is -0.497 e. The van der Waals surface area contributed by atoms with Crippen LogP contribution >= 0.6 is 0 Å². The van der Waals surface area contributed by atoms with Crippen LogP contribution < -0.4 is 21.3 Å². The number of nitrogen functional groups attached to an aromatic ring is 1. The van der Waals surface area contributed by atoms with Crippen LogP contribution in [0, 0.1) is 0 Å². The minimum atomic E-state index is 0.552. The first-order valence-electron chi connectivity index (χ1n) is 5.01. The number of nitrogens with two attached hydrogens (primary N) is 1. The number of rotatable bonds is 4. The van der Waals surface area contributed by atoms with Crippen LogP contribution in [0.25, 0.3) is 0 Å². The molecule has 6 heteroatoms. The smallest absolute Gasteiger partial charge is 0.145 e. The number of nitrogens with one attached hydrogen (secondary N) is 2. The Morgan fingerprint density at radius 3 is 2.47 bits per heavy atom. The molecule has 0 amide bonds. The normalized spacial score (nSPS) is 9.76. The Morgan fingerprint density at radius 1 is 1.12 bits per heavy atom. The van der Waals surface area contributed by atoms with Crippen molar-refractivity contribution in [1.82, 2.24) is 9.97 Å². The summed E-state index contributed by atoms with van der Waals surface area (Å²) in [5.41, 5.74) is 3.37. The van der Waals surface area contributed by atoms with E-state index in [0.29, 0.717) is 11.6 Å². The van der Waals surface area contributed by atoms with Crippen molar-refractivity contribution >= 4 is 17.3 Å². The molecule has 0 aliphatic rings. The Balaban J connectivity index is 2.13. The van der Waals surface area contributed by atoms with Crippen LogP contribution in [-0.2, 0) is 0 Å². The highest BCUT2D eigenvalue weighted by Crippen LogP contribution is 2.19. The average molecular weight is 231 g/mol. The lowest BCUT2D eigenvalue weighted by molar-refractivity contribution is 0.415. The minimum absolute atomic E-state index is 0.552. The van der Waals surface area contributed by atoms with E-state index in [2.05, 4.69) is 20.7 Å². The summed E-state index contributed by atoms with van der Waals surface area (Å²) in [7, 11) is 1.63. The Kier molecular flexibility index (Phi) is 3.37. The van der Waals surface area contributed by atoms with Crippen LogP contribution in [-0.4, -0.2) is 17.1 Å². The predicted molar refractivity (Wildman–Crippen MR) is 66.1 cm³/mol. The average Bonchev–Trinajstić information content (AvgIpc) is 2.40. The van der Waals surface area contributed by atoms with Gasteiger partial charge in [-0.05, 0) is 24.3 Å². The van der Waals surface area contributed by atoms with Gasteiger partial charge in [-0.3, -0.25) is 0 Å². The Hall–Kier alpha value is -2.34. The SMILES string of the molecule is COc1ccc(Nc2cc(NN)ncn2)cc1. The maximum atomic E-state index is 5.27. The van der Waals surface area contributed by atoms with Gasteiger partial charge < -0.3 is 15.5 Å². The molecule has 0 aliphatic heterocycles. The molecule has 0 bridgehead atoms. The van der Waals surface area contributed by atoms with E-state index in [1.165, 1.54) is 6.33 Å². The molecular formula is C11H13N5O. The van der Waals surface area contributed by atoms with Gasteiger partial charge in [-0.1, -0.05) is 0 Å². The Labute approximate surface area is 98.8 Å². The lowest BCUT2D eigenvalue weighted by Gasteiger charge is -2.07.